The zero-order valence-corrected chi connectivity index (χ0v) is 20.7. The number of nitrogens with one attached hydrogen (secondary N) is 1. The first-order valence-corrected chi connectivity index (χ1v) is 13.0. The van der Waals surface area contributed by atoms with Gasteiger partial charge in [0.05, 0.1) is 18.2 Å². The standard InChI is InChI=1S/C29H33FN2O4/c1-3-35-29(34)32-23-10-11-24-20(14-23)15-26-27(17(2)36-28(26)33)25(24)12-9-22-8-7-19(16-31-22)18-5-4-6-21(30)13-18/h4-9,12-13,16-17,20,23-27H,3,10-11,14-15H2,1-2H3,(H,32,34)/b12-9+/t17-,20+,23-,24-,25-,26-,27+/m1/s1. The van der Waals surface area contributed by atoms with E-state index in [0.717, 1.165) is 42.5 Å². The quantitative estimate of drug-likeness (QED) is 0.548. The summed E-state index contributed by atoms with van der Waals surface area (Å²) in [6, 6.07) is 10.4. The van der Waals surface area contributed by atoms with E-state index in [4.69, 9.17) is 9.47 Å². The predicted octanol–water partition coefficient (Wildman–Crippen LogP) is 5.63. The number of cyclic esters (lactones) is 1. The first-order valence-electron chi connectivity index (χ1n) is 13.0. The third-order valence-electron chi connectivity index (χ3n) is 8.18. The van der Waals surface area contributed by atoms with E-state index in [1.807, 2.05) is 31.2 Å². The number of carbonyl (C=O) groups excluding carboxylic acids is 2. The fraction of sp³-hybridized carbons (Fsp3) is 0.483. The number of benzene rings is 1. The van der Waals surface area contributed by atoms with Crippen LogP contribution in [0.15, 0.2) is 48.7 Å². The van der Waals surface area contributed by atoms with Gasteiger partial charge in [0.25, 0.3) is 0 Å². The Morgan fingerprint density at radius 1 is 1.22 bits per heavy atom. The molecule has 0 bridgehead atoms. The number of pyridine rings is 1. The number of halogens is 1. The summed E-state index contributed by atoms with van der Waals surface area (Å²) >= 11 is 0. The fourth-order valence-corrected chi connectivity index (χ4v) is 6.64. The minimum absolute atomic E-state index is 0.0679. The smallest absolute Gasteiger partial charge is 0.407 e. The van der Waals surface area contributed by atoms with Crippen molar-refractivity contribution < 1.29 is 23.5 Å². The molecule has 1 aromatic heterocycles. The van der Waals surface area contributed by atoms with Crippen molar-refractivity contribution in [3.63, 3.8) is 0 Å². The molecule has 190 valence electrons. The number of ether oxygens (including phenoxy) is 2. The van der Waals surface area contributed by atoms with E-state index in [-0.39, 0.29) is 47.8 Å². The van der Waals surface area contributed by atoms with Gasteiger partial charge in [-0.25, -0.2) is 9.18 Å². The number of hydrogen-bond donors (Lipinski definition) is 1. The Bertz CT molecular complexity index is 1130. The number of esters is 1. The van der Waals surface area contributed by atoms with Crippen molar-refractivity contribution in [2.75, 3.05) is 6.61 Å². The Morgan fingerprint density at radius 3 is 2.83 bits per heavy atom. The van der Waals surface area contributed by atoms with Crippen LogP contribution >= 0.6 is 0 Å². The van der Waals surface area contributed by atoms with E-state index < -0.39 is 0 Å². The van der Waals surface area contributed by atoms with Gasteiger partial charge in [-0.15, -0.1) is 0 Å². The van der Waals surface area contributed by atoms with Gasteiger partial charge >= 0.3 is 12.1 Å². The SMILES string of the molecule is CCOC(=O)N[C@@H]1CC[C@@H]2[C@@H](C1)C[C@H]1C(=O)O[C@H](C)[C@H]1[C@@H]2/C=C/c1ccc(-c2cccc(F)c2)cn1. The molecule has 3 fully saturated rings. The molecular formula is C29H33FN2O4. The maximum atomic E-state index is 13.6. The molecule has 36 heavy (non-hydrogen) atoms. The maximum absolute atomic E-state index is 13.6. The Labute approximate surface area is 211 Å². The average molecular weight is 493 g/mol. The number of allylic oxidation sites excluding steroid dienone is 1. The number of amides is 1. The number of aromatic nitrogens is 1. The van der Waals surface area contributed by atoms with Gasteiger partial charge < -0.3 is 14.8 Å². The normalized spacial score (nSPS) is 31.4. The van der Waals surface area contributed by atoms with Crippen LogP contribution in [-0.4, -0.2) is 35.8 Å². The molecule has 7 heteroatoms. The molecule has 5 rings (SSSR count). The minimum atomic E-state index is -0.368. The van der Waals surface area contributed by atoms with Crippen molar-refractivity contribution >= 4 is 18.1 Å². The molecule has 2 heterocycles. The van der Waals surface area contributed by atoms with Gasteiger partial charge in [-0.05, 0) is 87.1 Å². The minimum Gasteiger partial charge on any atom is -0.462 e. The van der Waals surface area contributed by atoms with Crippen LogP contribution in [0, 0.1) is 35.4 Å². The lowest BCUT2D eigenvalue weighted by Crippen LogP contribution is -2.48. The largest absolute Gasteiger partial charge is 0.462 e. The van der Waals surface area contributed by atoms with E-state index in [2.05, 4.69) is 16.4 Å². The van der Waals surface area contributed by atoms with Crippen LogP contribution in [0.1, 0.15) is 45.2 Å². The van der Waals surface area contributed by atoms with E-state index in [1.54, 1.807) is 19.2 Å². The second-order valence-corrected chi connectivity index (χ2v) is 10.3. The van der Waals surface area contributed by atoms with Crippen molar-refractivity contribution in [1.29, 1.82) is 0 Å². The van der Waals surface area contributed by atoms with Crippen molar-refractivity contribution in [2.45, 2.75) is 51.7 Å². The number of hydrogen-bond acceptors (Lipinski definition) is 5. The zero-order chi connectivity index (χ0) is 25.2. The van der Waals surface area contributed by atoms with Crippen molar-refractivity contribution in [2.24, 2.45) is 29.6 Å². The Kier molecular flexibility index (Phi) is 7.08. The molecule has 1 aliphatic heterocycles. The molecule has 1 amide bonds. The highest BCUT2D eigenvalue weighted by Crippen LogP contribution is 2.53. The van der Waals surface area contributed by atoms with Crippen LogP contribution in [0.4, 0.5) is 9.18 Å². The highest BCUT2D eigenvalue weighted by atomic mass is 19.1. The highest BCUT2D eigenvalue weighted by molar-refractivity contribution is 5.75. The van der Waals surface area contributed by atoms with Crippen LogP contribution in [0.3, 0.4) is 0 Å². The summed E-state index contributed by atoms with van der Waals surface area (Å²) < 4.78 is 24.3. The van der Waals surface area contributed by atoms with Gasteiger partial charge in [0.1, 0.15) is 11.9 Å². The van der Waals surface area contributed by atoms with Gasteiger partial charge in [0, 0.05) is 23.7 Å². The second-order valence-electron chi connectivity index (χ2n) is 10.3. The molecule has 2 aliphatic carbocycles. The number of nitrogens with zero attached hydrogens (tertiary/aromatic N) is 1. The summed E-state index contributed by atoms with van der Waals surface area (Å²) in [6.45, 7) is 4.15. The summed E-state index contributed by atoms with van der Waals surface area (Å²) in [4.78, 5) is 29.2. The van der Waals surface area contributed by atoms with E-state index in [9.17, 15) is 14.0 Å². The Morgan fingerprint density at radius 2 is 2.08 bits per heavy atom. The van der Waals surface area contributed by atoms with Crippen LogP contribution in [-0.2, 0) is 14.3 Å². The molecule has 2 aromatic rings. The predicted molar refractivity (Wildman–Crippen MR) is 134 cm³/mol. The second kappa shape index (κ2) is 10.4. The number of rotatable bonds is 5. The maximum Gasteiger partial charge on any atom is 0.407 e. The first kappa shape index (κ1) is 24.5. The molecule has 1 aromatic carbocycles. The first-order chi connectivity index (χ1) is 17.4. The van der Waals surface area contributed by atoms with Crippen molar-refractivity contribution in [1.82, 2.24) is 10.3 Å². The topological polar surface area (TPSA) is 77.5 Å². The van der Waals surface area contributed by atoms with Crippen LogP contribution in [0.5, 0.6) is 0 Å². The molecular weight excluding hydrogens is 459 g/mol. The third-order valence-corrected chi connectivity index (χ3v) is 8.18. The van der Waals surface area contributed by atoms with Crippen LogP contribution in [0.2, 0.25) is 0 Å². The molecule has 3 aliphatic rings. The lowest BCUT2D eigenvalue weighted by molar-refractivity contribution is -0.144. The summed E-state index contributed by atoms with van der Waals surface area (Å²) in [5.41, 5.74) is 2.48. The number of alkyl carbamates (subject to hydrolysis) is 1. The Balaban J connectivity index is 1.34. The lowest BCUT2D eigenvalue weighted by atomic mass is 9.57. The molecule has 6 nitrogen and oxygen atoms in total. The molecule has 1 N–H and O–H groups in total. The summed E-state index contributed by atoms with van der Waals surface area (Å²) in [7, 11) is 0. The van der Waals surface area contributed by atoms with Crippen LogP contribution in [0.25, 0.3) is 17.2 Å². The number of fused-ring (bicyclic) bond motifs is 2. The Hall–Kier alpha value is -3.22. The summed E-state index contributed by atoms with van der Waals surface area (Å²) in [5, 5.41) is 3.00. The van der Waals surface area contributed by atoms with E-state index in [1.165, 1.54) is 12.1 Å². The summed E-state index contributed by atoms with van der Waals surface area (Å²) in [5.74, 6) is 0.629. The number of carbonyl (C=O) groups is 2. The molecule has 2 saturated carbocycles. The molecule has 0 unspecified atom stereocenters. The van der Waals surface area contributed by atoms with Gasteiger partial charge in [0.15, 0.2) is 0 Å². The van der Waals surface area contributed by atoms with Crippen molar-refractivity contribution in [3.8, 4) is 11.1 Å². The molecule has 0 radical (unpaired) electrons. The zero-order valence-electron chi connectivity index (χ0n) is 20.7. The molecule has 0 spiro atoms. The van der Waals surface area contributed by atoms with Gasteiger partial charge in [0.2, 0.25) is 0 Å². The third kappa shape index (κ3) is 5.01. The van der Waals surface area contributed by atoms with Crippen molar-refractivity contribution in [3.05, 3.63) is 60.2 Å². The summed E-state index contributed by atoms with van der Waals surface area (Å²) in [6.07, 6.45) is 9.07. The monoisotopic (exact) mass is 492 g/mol. The van der Waals surface area contributed by atoms with Gasteiger partial charge in [-0.2, -0.15) is 0 Å². The van der Waals surface area contributed by atoms with Gasteiger partial charge in [-0.3, -0.25) is 9.78 Å². The lowest BCUT2D eigenvalue weighted by Gasteiger charge is -2.47. The fourth-order valence-electron chi connectivity index (χ4n) is 6.64. The van der Waals surface area contributed by atoms with Crippen LogP contribution < -0.4 is 5.32 Å². The average Bonchev–Trinajstić information content (AvgIpc) is 3.15. The molecule has 1 saturated heterocycles. The van der Waals surface area contributed by atoms with Gasteiger partial charge in [-0.1, -0.05) is 24.3 Å². The molecule has 7 atom stereocenters. The van der Waals surface area contributed by atoms with E-state index >= 15 is 0 Å². The van der Waals surface area contributed by atoms with E-state index in [0.29, 0.717) is 18.4 Å². The highest BCUT2D eigenvalue weighted by Gasteiger charge is 2.54.